The molecule has 0 saturated heterocycles. The molecule has 0 aliphatic rings. The molecule has 1 aromatic heterocycles. The molecule has 3 aromatic rings. The third-order valence-electron chi connectivity index (χ3n) is 4.84. The summed E-state index contributed by atoms with van der Waals surface area (Å²) in [7, 11) is 0. The molecule has 1 heterocycles. The molecular formula is C24H26ClN3O2. The number of nitrogens with zero attached hydrogens (tertiary/aromatic N) is 3. The number of ether oxygens (including phenoxy) is 1. The number of carbonyl (C=O) groups excluding carboxylic acids is 1. The van der Waals surface area contributed by atoms with Gasteiger partial charge in [-0.2, -0.15) is 0 Å². The summed E-state index contributed by atoms with van der Waals surface area (Å²) in [6.45, 7) is 12.4. The number of para-hydroxylation sites is 2. The van der Waals surface area contributed by atoms with Gasteiger partial charge in [-0.05, 0) is 49.7 Å². The van der Waals surface area contributed by atoms with Crippen LogP contribution >= 0.6 is 11.6 Å². The van der Waals surface area contributed by atoms with Gasteiger partial charge in [0.25, 0.3) is 0 Å². The monoisotopic (exact) mass is 423 g/mol. The van der Waals surface area contributed by atoms with Crippen LogP contribution in [-0.2, 0) is 11.3 Å². The fourth-order valence-electron chi connectivity index (χ4n) is 3.34. The Morgan fingerprint density at radius 1 is 1.23 bits per heavy atom. The smallest absolute Gasteiger partial charge is 0.243 e. The lowest BCUT2D eigenvalue weighted by molar-refractivity contribution is -0.130. The lowest BCUT2D eigenvalue weighted by Gasteiger charge is -2.22. The van der Waals surface area contributed by atoms with Gasteiger partial charge in [0, 0.05) is 18.1 Å². The van der Waals surface area contributed by atoms with Crippen molar-refractivity contribution in [1.29, 1.82) is 0 Å². The predicted molar refractivity (Wildman–Crippen MR) is 122 cm³/mol. The zero-order valence-electron chi connectivity index (χ0n) is 17.3. The molecule has 156 valence electrons. The molecule has 1 atom stereocenters. The van der Waals surface area contributed by atoms with Gasteiger partial charge >= 0.3 is 0 Å². The zero-order chi connectivity index (χ0) is 21.7. The van der Waals surface area contributed by atoms with Crippen molar-refractivity contribution in [3.05, 3.63) is 84.2 Å². The molecule has 0 N–H and O–H groups in total. The summed E-state index contributed by atoms with van der Waals surface area (Å²) >= 11 is 6.12. The van der Waals surface area contributed by atoms with E-state index in [0.717, 1.165) is 16.6 Å². The normalized spacial score (nSPS) is 11.8. The van der Waals surface area contributed by atoms with E-state index in [9.17, 15) is 4.79 Å². The first-order chi connectivity index (χ1) is 14.4. The second kappa shape index (κ2) is 9.63. The van der Waals surface area contributed by atoms with Crippen LogP contribution in [0.15, 0.2) is 67.8 Å². The van der Waals surface area contributed by atoms with Crippen molar-refractivity contribution in [3.63, 3.8) is 0 Å². The largest absolute Gasteiger partial charge is 0.483 e. The van der Waals surface area contributed by atoms with Crippen molar-refractivity contribution < 1.29 is 9.53 Å². The molecule has 3 rings (SSSR count). The Bertz CT molecular complexity index is 1060. The van der Waals surface area contributed by atoms with Crippen LogP contribution in [0.1, 0.15) is 24.4 Å². The maximum Gasteiger partial charge on any atom is 0.243 e. The molecule has 5 nitrogen and oxygen atoms in total. The van der Waals surface area contributed by atoms with Crippen LogP contribution in [0.25, 0.3) is 11.0 Å². The van der Waals surface area contributed by atoms with E-state index in [-0.39, 0.29) is 18.6 Å². The fraction of sp³-hybridized carbons (Fsp3) is 0.250. The molecule has 2 aromatic carbocycles. The predicted octanol–water partition coefficient (Wildman–Crippen LogP) is 5.34. The Balaban J connectivity index is 1.94. The number of imidazole rings is 1. The number of benzene rings is 2. The van der Waals surface area contributed by atoms with E-state index < -0.39 is 0 Å². The molecule has 30 heavy (non-hydrogen) atoms. The van der Waals surface area contributed by atoms with Gasteiger partial charge in [0.05, 0.1) is 11.0 Å². The summed E-state index contributed by atoms with van der Waals surface area (Å²) in [5.41, 5.74) is 2.65. The lowest BCUT2D eigenvalue weighted by Crippen LogP contribution is -2.34. The number of carbonyl (C=O) groups is 1. The molecule has 0 spiro atoms. The molecule has 0 bridgehead atoms. The SMILES string of the molecule is C=CCN(CC=C)C(=O)Cn1c(C(C)Oc2ccc(Cl)c(C)c2)nc2ccccc21. The minimum Gasteiger partial charge on any atom is -0.483 e. The van der Waals surface area contributed by atoms with E-state index in [0.29, 0.717) is 29.7 Å². The Morgan fingerprint density at radius 2 is 1.93 bits per heavy atom. The van der Waals surface area contributed by atoms with Crippen LogP contribution in [0, 0.1) is 6.92 Å². The Labute approximate surface area is 182 Å². The second-order valence-corrected chi connectivity index (χ2v) is 7.50. The zero-order valence-corrected chi connectivity index (χ0v) is 18.1. The third-order valence-corrected chi connectivity index (χ3v) is 5.26. The van der Waals surface area contributed by atoms with Crippen molar-refractivity contribution >= 4 is 28.5 Å². The Kier molecular flexibility index (Phi) is 6.95. The average molecular weight is 424 g/mol. The van der Waals surface area contributed by atoms with Crippen LogP contribution in [0.5, 0.6) is 5.75 Å². The maximum atomic E-state index is 13.0. The van der Waals surface area contributed by atoms with Gasteiger partial charge in [-0.1, -0.05) is 35.9 Å². The van der Waals surface area contributed by atoms with Crippen LogP contribution in [0.3, 0.4) is 0 Å². The van der Waals surface area contributed by atoms with E-state index in [1.54, 1.807) is 17.1 Å². The summed E-state index contributed by atoms with van der Waals surface area (Å²) in [5, 5.41) is 0.692. The van der Waals surface area contributed by atoms with Gasteiger partial charge in [0.1, 0.15) is 12.3 Å². The lowest BCUT2D eigenvalue weighted by atomic mass is 10.2. The summed E-state index contributed by atoms with van der Waals surface area (Å²) in [6.07, 6.45) is 3.06. The first-order valence-electron chi connectivity index (χ1n) is 9.82. The van der Waals surface area contributed by atoms with Crippen LogP contribution < -0.4 is 4.74 Å². The highest BCUT2D eigenvalue weighted by atomic mass is 35.5. The van der Waals surface area contributed by atoms with Crippen molar-refractivity contribution in [2.45, 2.75) is 26.5 Å². The van der Waals surface area contributed by atoms with Crippen molar-refractivity contribution in [3.8, 4) is 5.75 Å². The van der Waals surface area contributed by atoms with Gasteiger partial charge in [0.15, 0.2) is 11.9 Å². The molecule has 0 fully saturated rings. The van der Waals surface area contributed by atoms with Gasteiger partial charge in [-0.25, -0.2) is 4.98 Å². The number of aromatic nitrogens is 2. The average Bonchev–Trinajstić information content (AvgIpc) is 3.09. The molecule has 0 aliphatic carbocycles. The van der Waals surface area contributed by atoms with E-state index in [1.807, 2.05) is 60.9 Å². The first-order valence-corrected chi connectivity index (χ1v) is 10.2. The summed E-state index contributed by atoms with van der Waals surface area (Å²) in [4.78, 5) is 19.4. The summed E-state index contributed by atoms with van der Waals surface area (Å²) in [5.74, 6) is 1.36. The van der Waals surface area contributed by atoms with Crippen LogP contribution in [0.2, 0.25) is 5.02 Å². The van der Waals surface area contributed by atoms with E-state index in [1.165, 1.54) is 0 Å². The van der Waals surface area contributed by atoms with Crippen LogP contribution in [0.4, 0.5) is 0 Å². The van der Waals surface area contributed by atoms with Gasteiger partial charge < -0.3 is 14.2 Å². The highest BCUT2D eigenvalue weighted by molar-refractivity contribution is 6.31. The number of halogens is 1. The van der Waals surface area contributed by atoms with Crippen molar-refractivity contribution in [2.75, 3.05) is 13.1 Å². The number of fused-ring (bicyclic) bond motifs is 1. The second-order valence-electron chi connectivity index (χ2n) is 7.09. The standard InChI is InChI=1S/C24H26ClN3O2/c1-5-13-27(14-6-2)23(29)16-28-22-10-8-7-9-21(22)26-24(28)18(4)30-19-11-12-20(25)17(3)15-19/h5-12,15,18H,1-2,13-14,16H2,3-4H3. The van der Waals surface area contributed by atoms with Crippen LogP contribution in [-0.4, -0.2) is 33.4 Å². The molecule has 0 saturated carbocycles. The summed E-state index contributed by atoms with van der Waals surface area (Å²) in [6, 6.07) is 13.3. The minimum absolute atomic E-state index is 0.0336. The van der Waals surface area contributed by atoms with Gasteiger partial charge in [-0.15, -0.1) is 13.2 Å². The summed E-state index contributed by atoms with van der Waals surface area (Å²) < 4.78 is 8.07. The number of aryl methyl sites for hydroxylation is 1. The molecule has 0 aliphatic heterocycles. The first kappa shape index (κ1) is 21.7. The molecule has 1 unspecified atom stereocenters. The quantitative estimate of drug-likeness (QED) is 0.436. The minimum atomic E-state index is -0.363. The number of hydrogen-bond donors (Lipinski definition) is 0. The van der Waals surface area contributed by atoms with E-state index >= 15 is 0 Å². The Hall–Kier alpha value is -3.05. The fourth-order valence-corrected chi connectivity index (χ4v) is 3.46. The number of hydrogen-bond acceptors (Lipinski definition) is 3. The van der Waals surface area contributed by atoms with Gasteiger partial charge in [-0.3, -0.25) is 4.79 Å². The molecule has 0 radical (unpaired) electrons. The third kappa shape index (κ3) is 4.74. The molecule has 1 amide bonds. The number of rotatable bonds is 9. The molecular weight excluding hydrogens is 398 g/mol. The Morgan fingerprint density at radius 3 is 2.60 bits per heavy atom. The van der Waals surface area contributed by atoms with Crippen molar-refractivity contribution in [2.24, 2.45) is 0 Å². The highest BCUT2D eigenvalue weighted by Crippen LogP contribution is 2.28. The van der Waals surface area contributed by atoms with Crippen molar-refractivity contribution in [1.82, 2.24) is 14.5 Å². The number of amides is 1. The molecule has 6 heteroatoms. The van der Waals surface area contributed by atoms with E-state index in [4.69, 9.17) is 21.3 Å². The topological polar surface area (TPSA) is 47.4 Å². The van der Waals surface area contributed by atoms with E-state index in [2.05, 4.69) is 13.2 Å². The maximum absolute atomic E-state index is 13.0. The highest BCUT2D eigenvalue weighted by Gasteiger charge is 2.21. The van der Waals surface area contributed by atoms with Gasteiger partial charge in [0.2, 0.25) is 5.91 Å².